The Balaban J connectivity index is 1.66. The smallest absolute Gasteiger partial charge is 0.271 e. The molecule has 0 aliphatic rings. The quantitative estimate of drug-likeness (QED) is 0.676. The lowest BCUT2D eigenvalue weighted by Crippen LogP contribution is -2.42. The molecule has 1 heterocycles. The van der Waals surface area contributed by atoms with Crippen molar-refractivity contribution >= 4 is 23.4 Å². The van der Waals surface area contributed by atoms with Crippen molar-refractivity contribution in [2.45, 2.75) is 20.3 Å². The fourth-order valence-electron chi connectivity index (χ4n) is 2.99. The van der Waals surface area contributed by atoms with Gasteiger partial charge in [0.25, 0.3) is 5.91 Å². The van der Waals surface area contributed by atoms with Gasteiger partial charge in [0, 0.05) is 22.1 Å². The molecule has 2 N–H and O–H groups in total. The Labute approximate surface area is 162 Å². The summed E-state index contributed by atoms with van der Waals surface area (Å²) in [5.41, 5.74) is 9.01. The largest absolute Gasteiger partial charge is 0.318 e. The molecule has 3 aromatic rings. The number of hydrazine groups is 1. The van der Waals surface area contributed by atoms with Crippen molar-refractivity contribution in [3.63, 3.8) is 0 Å². The van der Waals surface area contributed by atoms with Crippen LogP contribution in [0.2, 0.25) is 5.02 Å². The second kappa shape index (κ2) is 8.10. The molecule has 2 aromatic carbocycles. The van der Waals surface area contributed by atoms with Crippen molar-refractivity contribution in [3.05, 3.63) is 88.2 Å². The van der Waals surface area contributed by atoms with Crippen LogP contribution in [0.5, 0.6) is 0 Å². The molecule has 3 rings (SSSR count). The number of aryl methyl sites for hydroxylation is 1. The number of benzene rings is 2. The van der Waals surface area contributed by atoms with Crippen LogP contribution in [0.15, 0.2) is 60.7 Å². The van der Waals surface area contributed by atoms with Gasteiger partial charge < -0.3 is 4.57 Å². The summed E-state index contributed by atoms with van der Waals surface area (Å²) >= 11 is 5.83. The molecule has 0 radical (unpaired) electrons. The molecule has 2 amide bonds. The number of amides is 2. The summed E-state index contributed by atoms with van der Waals surface area (Å²) in [5.74, 6) is -0.655. The first-order valence-electron chi connectivity index (χ1n) is 8.53. The number of carbonyl (C=O) groups is 2. The molecule has 0 saturated carbocycles. The van der Waals surface area contributed by atoms with Gasteiger partial charge in [-0.3, -0.25) is 20.4 Å². The summed E-state index contributed by atoms with van der Waals surface area (Å²) in [5, 5.41) is 0.612. The molecular weight excluding hydrogens is 362 g/mol. The monoisotopic (exact) mass is 381 g/mol. The predicted molar refractivity (Wildman–Crippen MR) is 106 cm³/mol. The fourth-order valence-corrected chi connectivity index (χ4v) is 3.12. The Bertz CT molecular complexity index is 963. The lowest BCUT2D eigenvalue weighted by molar-refractivity contribution is -0.121. The molecular formula is C21H20ClN3O2. The first kappa shape index (κ1) is 18.7. The zero-order valence-electron chi connectivity index (χ0n) is 15.1. The van der Waals surface area contributed by atoms with Gasteiger partial charge in [0.1, 0.15) is 0 Å². The van der Waals surface area contributed by atoms with Crippen molar-refractivity contribution in [1.82, 2.24) is 15.4 Å². The van der Waals surface area contributed by atoms with Gasteiger partial charge in [-0.2, -0.15) is 0 Å². The molecule has 0 fully saturated rings. The first-order chi connectivity index (χ1) is 13.0. The average molecular weight is 382 g/mol. The predicted octanol–water partition coefficient (Wildman–Crippen LogP) is 3.75. The molecule has 0 unspecified atom stereocenters. The molecule has 0 bridgehead atoms. The molecule has 0 aliphatic heterocycles. The van der Waals surface area contributed by atoms with Crippen molar-refractivity contribution in [1.29, 1.82) is 0 Å². The minimum absolute atomic E-state index is 0.153. The highest BCUT2D eigenvalue weighted by atomic mass is 35.5. The number of hydrogen-bond donors (Lipinski definition) is 2. The Morgan fingerprint density at radius 2 is 1.63 bits per heavy atom. The van der Waals surface area contributed by atoms with E-state index < -0.39 is 0 Å². The van der Waals surface area contributed by atoms with Gasteiger partial charge in [0.15, 0.2) is 0 Å². The fraction of sp³-hybridized carbons (Fsp3) is 0.143. The van der Waals surface area contributed by atoms with Gasteiger partial charge in [-0.25, -0.2) is 0 Å². The third-order valence-electron chi connectivity index (χ3n) is 4.28. The summed E-state index contributed by atoms with van der Waals surface area (Å²) in [4.78, 5) is 24.6. The second-order valence-corrected chi connectivity index (χ2v) is 6.70. The molecule has 0 spiro atoms. The van der Waals surface area contributed by atoms with Crippen LogP contribution in [0.4, 0.5) is 0 Å². The number of nitrogens with one attached hydrogen (secondary N) is 2. The standard InChI is InChI=1S/C21H20ClN3O2/c1-14-12-19(15(2)25(14)18-6-4-3-5-7-18)21(27)24-23-20(26)13-16-8-10-17(22)11-9-16/h3-12H,13H2,1-2H3,(H,23,26)(H,24,27). The number of aromatic nitrogens is 1. The summed E-state index contributed by atoms with van der Waals surface area (Å²) in [6.07, 6.45) is 0.153. The highest BCUT2D eigenvalue weighted by Gasteiger charge is 2.17. The van der Waals surface area contributed by atoms with E-state index in [-0.39, 0.29) is 18.2 Å². The van der Waals surface area contributed by atoms with E-state index in [0.717, 1.165) is 22.6 Å². The molecule has 0 saturated heterocycles. The molecule has 6 heteroatoms. The molecule has 0 aliphatic carbocycles. The molecule has 1 aromatic heterocycles. The normalized spacial score (nSPS) is 10.5. The lowest BCUT2D eigenvalue weighted by Gasteiger charge is -2.10. The number of nitrogens with zero attached hydrogens (tertiary/aromatic N) is 1. The maximum Gasteiger partial charge on any atom is 0.271 e. The zero-order chi connectivity index (χ0) is 19.4. The van der Waals surface area contributed by atoms with Crippen LogP contribution in [0.25, 0.3) is 5.69 Å². The van der Waals surface area contributed by atoms with Gasteiger partial charge in [-0.05, 0) is 49.7 Å². The third kappa shape index (κ3) is 4.38. The number of hydrogen-bond acceptors (Lipinski definition) is 2. The first-order valence-corrected chi connectivity index (χ1v) is 8.91. The van der Waals surface area contributed by atoms with Crippen molar-refractivity contribution in [2.24, 2.45) is 0 Å². The van der Waals surface area contributed by atoms with Crippen LogP contribution in [0.3, 0.4) is 0 Å². The van der Waals surface area contributed by atoms with Crippen LogP contribution in [-0.4, -0.2) is 16.4 Å². The van der Waals surface area contributed by atoms with E-state index >= 15 is 0 Å². The Morgan fingerprint density at radius 3 is 2.30 bits per heavy atom. The number of para-hydroxylation sites is 1. The maximum absolute atomic E-state index is 12.5. The Hall–Kier alpha value is -3.05. The number of halogens is 1. The van der Waals surface area contributed by atoms with Crippen molar-refractivity contribution in [3.8, 4) is 5.69 Å². The SMILES string of the molecule is Cc1cc(C(=O)NNC(=O)Cc2ccc(Cl)cc2)c(C)n1-c1ccccc1. The molecule has 27 heavy (non-hydrogen) atoms. The summed E-state index contributed by atoms with van der Waals surface area (Å²) < 4.78 is 2.00. The van der Waals surface area contributed by atoms with Crippen LogP contribution in [0, 0.1) is 13.8 Å². The summed E-state index contributed by atoms with van der Waals surface area (Å²) in [6.45, 7) is 3.82. The third-order valence-corrected chi connectivity index (χ3v) is 4.54. The van der Waals surface area contributed by atoms with E-state index in [1.54, 1.807) is 24.3 Å². The van der Waals surface area contributed by atoms with E-state index in [9.17, 15) is 9.59 Å². The van der Waals surface area contributed by atoms with Gasteiger partial charge in [0.05, 0.1) is 12.0 Å². The van der Waals surface area contributed by atoms with Crippen LogP contribution in [-0.2, 0) is 11.2 Å². The Morgan fingerprint density at radius 1 is 0.963 bits per heavy atom. The van der Waals surface area contributed by atoms with Crippen LogP contribution < -0.4 is 10.9 Å². The van der Waals surface area contributed by atoms with Crippen molar-refractivity contribution in [2.75, 3.05) is 0 Å². The topological polar surface area (TPSA) is 63.1 Å². The van der Waals surface area contributed by atoms with E-state index in [0.29, 0.717) is 10.6 Å². The average Bonchev–Trinajstić information content (AvgIpc) is 2.96. The highest BCUT2D eigenvalue weighted by Crippen LogP contribution is 2.20. The van der Waals surface area contributed by atoms with Gasteiger partial charge >= 0.3 is 0 Å². The minimum Gasteiger partial charge on any atom is -0.318 e. The van der Waals surface area contributed by atoms with Crippen LogP contribution in [0.1, 0.15) is 27.3 Å². The van der Waals surface area contributed by atoms with Gasteiger partial charge in [-0.1, -0.05) is 41.9 Å². The van der Waals surface area contributed by atoms with E-state index in [1.165, 1.54) is 0 Å². The van der Waals surface area contributed by atoms with Gasteiger partial charge in [0.2, 0.25) is 5.91 Å². The maximum atomic E-state index is 12.5. The zero-order valence-corrected chi connectivity index (χ0v) is 15.9. The molecule has 0 atom stereocenters. The van der Waals surface area contributed by atoms with Gasteiger partial charge in [-0.15, -0.1) is 0 Å². The van der Waals surface area contributed by atoms with E-state index in [4.69, 9.17) is 11.6 Å². The van der Waals surface area contributed by atoms with Crippen LogP contribution >= 0.6 is 11.6 Å². The van der Waals surface area contributed by atoms with Crippen molar-refractivity contribution < 1.29 is 9.59 Å². The number of rotatable bonds is 4. The summed E-state index contributed by atoms with van der Waals surface area (Å²) in [6, 6.07) is 18.6. The molecule has 5 nitrogen and oxygen atoms in total. The molecule has 138 valence electrons. The minimum atomic E-state index is -0.352. The number of carbonyl (C=O) groups excluding carboxylic acids is 2. The van der Waals surface area contributed by atoms with E-state index in [1.807, 2.05) is 54.8 Å². The summed E-state index contributed by atoms with van der Waals surface area (Å²) in [7, 11) is 0. The van der Waals surface area contributed by atoms with E-state index in [2.05, 4.69) is 10.9 Å². The highest BCUT2D eigenvalue weighted by molar-refractivity contribution is 6.30. The second-order valence-electron chi connectivity index (χ2n) is 6.26. The lowest BCUT2D eigenvalue weighted by atomic mass is 10.1. The Kier molecular flexibility index (Phi) is 5.62.